The average molecular weight is 320 g/mol. The largest absolute Gasteiger partial charge is 0.497 e. The molecule has 3 rings (SSSR count). The van der Waals surface area contributed by atoms with Gasteiger partial charge in [-0.15, -0.1) is 0 Å². The van der Waals surface area contributed by atoms with Gasteiger partial charge in [0.1, 0.15) is 11.5 Å². The van der Waals surface area contributed by atoms with Gasteiger partial charge in [-0.3, -0.25) is 4.79 Å². The Morgan fingerprint density at radius 1 is 0.917 bits per heavy atom. The highest BCUT2D eigenvalue weighted by atomic mass is 16.5. The van der Waals surface area contributed by atoms with Crippen molar-refractivity contribution in [3.63, 3.8) is 0 Å². The van der Waals surface area contributed by atoms with Crippen LogP contribution in [0, 0.1) is 31.6 Å². The molecule has 0 atom stereocenters. The molecule has 4 heteroatoms. The summed E-state index contributed by atoms with van der Waals surface area (Å²) in [5.74, 6) is 2.02. The van der Waals surface area contributed by atoms with Gasteiger partial charge in [0.2, 0.25) is 0 Å². The van der Waals surface area contributed by atoms with Crippen molar-refractivity contribution in [2.24, 2.45) is 0 Å². The monoisotopic (exact) mass is 320 g/mol. The zero-order valence-corrected chi connectivity index (χ0v) is 13.6. The standard InChI is InChI=1S/C20H18NO3/c1-23-17-11-12-19(24-2)18(13-17)20(22)21-16-9-7-15(8-10-16)14-5-3-4-6-14/h3-13H,1-2H3,(H,21,22). The Bertz CT molecular complexity index is 703. The number of hydrogen-bond acceptors (Lipinski definition) is 3. The smallest absolute Gasteiger partial charge is 0.259 e. The van der Waals surface area contributed by atoms with Gasteiger partial charge in [-0.1, -0.05) is 12.1 Å². The van der Waals surface area contributed by atoms with Crippen molar-refractivity contribution in [1.29, 1.82) is 0 Å². The fourth-order valence-electron chi connectivity index (χ4n) is 2.50. The van der Waals surface area contributed by atoms with Crippen molar-refractivity contribution in [2.75, 3.05) is 19.5 Å². The lowest BCUT2D eigenvalue weighted by molar-refractivity contribution is 0.102. The first kappa shape index (κ1) is 16.4. The third-order valence-corrected chi connectivity index (χ3v) is 3.79. The predicted molar refractivity (Wildman–Crippen MR) is 93.5 cm³/mol. The van der Waals surface area contributed by atoms with E-state index < -0.39 is 0 Å². The summed E-state index contributed by atoms with van der Waals surface area (Å²) < 4.78 is 10.4. The summed E-state index contributed by atoms with van der Waals surface area (Å²) in [7, 11) is 3.10. The predicted octanol–water partition coefficient (Wildman–Crippen LogP) is 3.71. The molecule has 0 aliphatic heterocycles. The van der Waals surface area contributed by atoms with Crippen LogP contribution in [0.2, 0.25) is 0 Å². The van der Waals surface area contributed by atoms with Gasteiger partial charge < -0.3 is 14.8 Å². The van der Waals surface area contributed by atoms with Gasteiger partial charge >= 0.3 is 0 Å². The topological polar surface area (TPSA) is 47.6 Å². The zero-order chi connectivity index (χ0) is 16.9. The normalized spacial score (nSPS) is 14.4. The third kappa shape index (κ3) is 3.53. The minimum absolute atomic E-state index is 0.244. The molecule has 2 aromatic carbocycles. The maximum atomic E-state index is 12.5. The van der Waals surface area contributed by atoms with Crippen LogP contribution in [0.25, 0.3) is 0 Å². The number of methoxy groups -OCH3 is 2. The van der Waals surface area contributed by atoms with Crippen LogP contribution in [-0.2, 0) is 0 Å². The number of carbonyl (C=O) groups is 1. The lowest BCUT2D eigenvalue weighted by atomic mass is 9.97. The van der Waals surface area contributed by atoms with E-state index in [9.17, 15) is 4.79 Å². The zero-order valence-electron chi connectivity index (χ0n) is 13.6. The van der Waals surface area contributed by atoms with E-state index in [0.717, 1.165) is 17.2 Å². The molecule has 2 aromatic rings. The lowest BCUT2D eigenvalue weighted by Gasteiger charge is -2.12. The molecule has 0 saturated heterocycles. The van der Waals surface area contributed by atoms with Crippen molar-refractivity contribution in [3.05, 3.63) is 85.2 Å². The van der Waals surface area contributed by atoms with Gasteiger partial charge in [0.05, 0.1) is 19.8 Å². The SMILES string of the molecule is COc1ccc(OC)c(C(=O)Nc2ccc([C]3[CH][CH][CH][CH]3)cc2)c1. The van der Waals surface area contributed by atoms with Crippen molar-refractivity contribution < 1.29 is 14.3 Å². The Labute approximate surface area is 142 Å². The number of amides is 1. The Morgan fingerprint density at radius 2 is 1.62 bits per heavy atom. The van der Waals surface area contributed by atoms with Crippen LogP contribution in [0.3, 0.4) is 0 Å². The van der Waals surface area contributed by atoms with E-state index in [1.165, 1.54) is 7.11 Å². The number of carbonyl (C=O) groups excluding carboxylic acids is 1. The van der Waals surface area contributed by atoms with Gasteiger partial charge in [0.15, 0.2) is 0 Å². The summed E-state index contributed by atoms with van der Waals surface area (Å²) in [6.07, 6.45) is 8.10. The van der Waals surface area contributed by atoms with E-state index in [-0.39, 0.29) is 5.91 Å². The van der Waals surface area contributed by atoms with Crippen LogP contribution >= 0.6 is 0 Å². The first-order chi connectivity index (χ1) is 11.7. The van der Waals surface area contributed by atoms with Crippen LogP contribution in [0.1, 0.15) is 15.9 Å². The van der Waals surface area contributed by atoms with Crippen LogP contribution in [0.15, 0.2) is 42.5 Å². The summed E-state index contributed by atoms with van der Waals surface area (Å²) >= 11 is 0. The molecule has 0 heterocycles. The Hall–Kier alpha value is -2.49. The van der Waals surface area contributed by atoms with Gasteiger partial charge in [-0.05, 0) is 61.6 Å². The Kier molecular flexibility index (Phi) is 5.04. The number of rotatable bonds is 5. The first-order valence-electron chi connectivity index (χ1n) is 7.57. The minimum Gasteiger partial charge on any atom is -0.497 e. The molecule has 0 bridgehead atoms. The van der Waals surface area contributed by atoms with Crippen molar-refractivity contribution in [3.8, 4) is 11.5 Å². The lowest BCUT2D eigenvalue weighted by Crippen LogP contribution is -2.13. The number of ether oxygens (including phenoxy) is 2. The van der Waals surface area contributed by atoms with Crippen LogP contribution in [0.4, 0.5) is 5.69 Å². The molecule has 0 unspecified atom stereocenters. The molecule has 1 amide bonds. The molecule has 24 heavy (non-hydrogen) atoms. The number of anilines is 1. The van der Waals surface area contributed by atoms with E-state index in [0.29, 0.717) is 17.1 Å². The molecule has 1 N–H and O–H groups in total. The number of nitrogens with one attached hydrogen (secondary N) is 1. The van der Waals surface area contributed by atoms with Gasteiger partial charge in [0, 0.05) is 11.6 Å². The van der Waals surface area contributed by atoms with Crippen LogP contribution in [0.5, 0.6) is 11.5 Å². The molecule has 1 aliphatic carbocycles. The van der Waals surface area contributed by atoms with Crippen molar-refractivity contribution in [1.82, 2.24) is 0 Å². The molecule has 1 aliphatic rings. The van der Waals surface area contributed by atoms with Gasteiger partial charge in [-0.2, -0.15) is 0 Å². The number of hydrogen-bond donors (Lipinski definition) is 1. The van der Waals surface area contributed by atoms with Gasteiger partial charge in [0.25, 0.3) is 5.91 Å². The molecule has 1 saturated carbocycles. The summed E-state index contributed by atoms with van der Waals surface area (Å²) in [4.78, 5) is 12.5. The van der Waals surface area contributed by atoms with Gasteiger partial charge in [-0.25, -0.2) is 0 Å². The second kappa shape index (κ2) is 7.39. The molecule has 0 aromatic heterocycles. The minimum atomic E-state index is -0.244. The Morgan fingerprint density at radius 3 is 2.25 bits per heavy atom. The molecule has 5 radical (unpaired) electrons. The van der Waals surface area contributed by atoms with Crippen molar-refractivity contribution >= 4 is 11.6 Å². The Balaban J connectivity index is 1.74. The fraction of sp³-hybridized carbons (Fsp3) is 0.100. The molecule has 121 valence electrons. The van der Waals surface area contributed by atoms with E-state index in [4.69, 9.17) is 9.47 Å². The van der Waals surface area contributed by atoms with E-state index in [1.54, 1.807) is 25.3 Å². The molecular formula is C20H18NO3. The van der Waals surface area contributed by atoms with E-state index >= 15 is 0 Å². The molecular weight excluding hydrogens is 302 g/mol. The van der Waals surface area contributed by atoms with Crippen LogP contribution in [-0.4, -0.2) is 20.1 Å². The second-order valence-corrected chi connectivity index (χ2v) is 5.27. The highest BCUT2D eigenvalue weighted by Crippen LogP contribution is 2.31. The molecule has 1 fully saturated rings. The summed E-state index contributed by atoms with van der Waals surface area (Å²) in [6.45, 7) is 0. The maximum Gasteiger partial charge on any atom is 0.259 e. The summed E-state index contributed by atoms with van der Waals surface area (Å²) in [5, 5.41) is 2.88. The molecule has 4 nitrogen and oxygen atoms in total. The third-order valence-electron chi connectivity index (χ3n) is 3.79. The molecule has 0 spiro atoms. The highest BCUT2D eigenvalue weighted by Gasteiger charge is 2.19. The van der Waals surface area contributed by atoms with Crippen LogP contribution < -0.4 is 14.8 Å². The van der Waals surface area contributed by atoms with Crippen molar-refractivity contribution in [2.45, 2.75) is 0 Å². The van der Waals surface area contributed by atoms with E-state index in [1.807, 2.05) is 37.1 Å². The average Bonchev–Trinajstić information content (AvgIpc) is 3.16. The second-order valence-electron chi connectivity index (χ2n) is 5.27. The quantitative estimate of drug-likeness (QED) is 0.913. The van der Waals surface area contributed by atoms with E-state index in [2.05, 4.69) is 18.2 Å². The summed E-state index contributed by atoms with van der Waals surface area (Å²) in [6, 6.07) is 12.9. The fourth-order valence-corrected chi connectivity index (χ4v) is 2.50. The number of benzene rings is 2. The highest BCUT2D eigenvalue weighted by molar-refractivity contribution is 6.06. The summed E-state index contributed by atoms with van der Waals surface area (Å²) in [5.41, 5.74) is 2.26. The maximum absolute atomic E-state index is 12.5. The first-order valence-corrected chi connectivity index (χ1v) is 7.57.